The second-order valence-electron chi connectivity index (χ2n) is 6.61. The summed E-state index contributed by atoms with van der Waals surface area (Å²) >= 11 is 12.3. The second-order valence-corrected chi connectivity index (χ2v) is 7.45. The van der Waals surface area contributed by atoms with E-state index in [1.165, 1.54) is 0 Å². The molecule has 6 nitrogen and oxygen atoms in total. The Hall–Kier alpha value is -2.05. The molecular weight excluding hydrogens is 409 g/mol. The number of benzene rings is 1. The lowest BCUT2D eigenvalue weighted by Crippen LogP contribution is -2.21. The molecule has 29 heavy (non-hydrogen) atoms. The van der Waals surface area contributed by atoms with Gasteiger partial charge >= 0.3 is 0 Å². The number of rotatable bonds is 7. The minimum Gasteiger partial charge on any atom is -0.366 e. The van der Waals surface area contributed by atoms with E-state index in [0.717, 1.165) is 25.7 Å². The van der Waals surface area contributed by atoms with Crippen molar-refractivity contribution in [2.75, 3.05) is 5.32 Å². The first kappa shape index (κ1) is 23.2. The van der Waals surface area contributed by atoms with E-state index < -0.39 is 0 Å². The van der Waals surface area contributed by atoms with Gasteiger partial charge in [-0.25, -0.2) is 14.6 Å². The Bertz CT molecular complexity index is 1010. The van der Waals surface area contributed by atoms with Gasteiger partial charge in [-0.15, -0.1) is 0 Å². The molecule has 0 amide bonds. The van der Waals surface area contributed by atoms with Crippen LogP contribution in [0.25, 0.3) is 16.7 Å². The minimum absolute atomic E-state index is 0.259. The standard InChI is InChI=1S/C19H23Cl2N5O.C2H6/c1-4-6-13(7-5-2)24-17-16-18(23-11(3)22-17)26(25-19(16)27)15-9-8-12(20)10-14(15)21;1-2/h8-10,13H,4-7H2,1-3H3,(H,25,27)(H,22,23,24);1-2H3. The van der Waals surface area contributed by atoms with Gasteiger partial charge in [0, 0.05) is 11.1 Å². The van der Waals surface area contributed by atoms with E-state index in [4.69, 9.17) is 23.2 Å². The summed E-state index contributed by atoms with van der Waals surface area (Å²) in [6, 6.07) is 5.37. The minimum atomic E-state index is -0.259. The first-order valence-corrected chi connectivity index (χ1v) is 10.9. The van der Waals surface area contributed by atoms with Crippen molar-refractivity contribution in [3.8, 4) is 5.69 Å². The molecule has 0 saturated heterocycles. The van der Waals surface area contributed by atoms with Crippen molar-refractivity contribution >= 4 is 40.1 Å². The van der Waals surface area contributed by atoms with E-state index in [9.17, 15) is 4.79 Å². The molecular formula is C21H29Cl2N5O. The normalized spacial score (nSPS) is 10.9. The molecule has 0 aliphatic rings. The summed E-state index contributed by atoms with van der Waals surface area (Å²) in [7, 11) is 0. The van der Waals surface area contributed by atoms with Crippen molar-refractivity contribution in [2.45, 2.75) is 66.3 Å². The zero-order chi connectivity index (χ0) is 21.6. The van der Waals surface area contributed by atoms with E-state index in [-0.39, 0.29) is 11.6 Å². The topological polar surface area (TPSA) is 75.6 Å². The predicted octanol–water partition coefficient (Wildman–Crippen LogP) is 6.13. The number of hydrogen-bond acceptors (Lipinski definition) is 4. The van der Waals surface area contributed by atoms with Crippen LogP contribution in [-0.2, 0) is 0 Å². The van der Waals surface area contributed by atoms with Crippen LogP contribution in [0.3, 0.4) is 0 Å². The molecule has 2 N–H and O–H groups in total. The van der Waals surface area contributed by atoms with Gasteiger partial charge in [0.25, 0.3) is 5.56 Å². The fourth-order valence-corrected chi connectivity index (χ4v) is 3.75. The van der Waals surface area contributed by atoms with Crippen molar-refractivity contribution in [1.82, 2.24) is 19.7 Å². The number of nitrogens with zero attached hydrogens (tertiary/aromatic N) is 3. The number of fused-ring (bicyclic) bond motifs is 1. The van der Waals surface area contributed by atoms with Gasteiger partial charge in [-0.2, -0.15) is 0 Å². The molecule has 0 aliphatic carbocycles. The Kier molecular flexibility index (Phi) is 8.53. The number of anilines is 1. The SMILES string of the molecule is CC.CCCC(CCC)Nc1nc(C)nc2c1c(=O)[nH]n2-c1ccc(Cl)cc1Cl. The fraction of sp³-hybridized carbons (Fsp3) is 0.476. The number of halogens is 2. The summed E-state index contributed by atoms with van der Waals surface area (Å²) in [6.07, 6.45) is 4.14. The van der Waals surface area contributed by atoms with Gasteiger partial charge in [0.2, 0.25) is 0 Å². The Balaban J connectivity index is 0.00000145. The molecule has 0 bridgehead atoms. The number of nitrogens with one attached hydrogen (secondary N) is 2. The molecule has 2 heterocycles. The van der Waals surface area contributed by atoms with Crippen LogP contribution >= 0.6 is 23.2 Å². The molecule has 0 radical (unpaired) electrons. The van der Waals surface area contributed by atoms with E-state index in [0.29, 0.717) is 38.4 Å². The van der Waals surface area contributed by atoms with Crippen LogP contribution in [0.2, 0.25) is 10.0 Å². The first-order chi connectivity index (χ1) is 13.9. The quantitative estimate of drug-likeness (QED) is 0.465. The lowest BCUT2D eigenvalue weighted by molar-refractivity contribution is 0.584. The molecule has 1 aromatic carbocycles. The Morgan fingerprint density at radius 1 is 1.14 bits per heavy atom. The molecule has 3 aromatic rings. The van der Waals surface area contributed by atoms with Crippen LogP contribution in [0, 0.1) is 6.92 Å². The number of aryl methyl sites for hydroxylation is 1. The number of H-pyrrole nitrogens is 1. The molecule has 0 atom stereocenters. The van der Waals surface area contributed by atoms with Gasteiger partial charge in [0.15, 0.2) is 5.65 Å². The second kappa shape index (κ2) is 10.6. The van der Waals surface area contributed by atoms with E-state index >= 15 is 0 Å². The number of aromatic nitrogens is 4. The van der Waals surface area contributed by atoms with Gasteiger partial charge in [-0.05, 0) is 38.0 Å². The summed E-state index contributed by atoms with van der Waals surface area (Å²) in [5.74, 6) is 1.14. The molecule has 158 valence electrons. The maximum Gasteiger partial charge on any atom is 0.277 e. The third-order valence-electron chi connectivity index (χ3n) is 4.42. The van der Waals surface area contributed by atoms with Crippen molar-refractivity contribution in [3.05, 3.63) is 44.4 Å². The highest BCUT2D eigenvalue weighted by Gasteiger charge is 2.19. The average Bonchev–Trinajstić information content (AvgIpc) is 3.00. The van der Waals surface area contributed by atoms with Gasteiger partial charge in [0.1, 0.15) is 17.0 Å². The summed E-state index contributed by atoms with van der Waals surface area (Å²) in [6.45, 7) is 10.1. The van der Waals surface area contributed by atoms with Gasteiger partial charge in [-0.1, -0.05) is 63.7 Å². The van der Waals surface area contributed by atoms with E-state index in [1.807, 2.05) is 20.8 Å². The zero-order valence-corrected chi connectivity index (χ0v) is 19.2. The molecule has 0 fully saturated rings. The third-order valence-corrected chi connectivity index (χ3v) is 4.96. The third kappa shape index (κ3) is 5.31. The molecule has 0 unspecified atom stereocenters. The van der Waals surface area contributed by atoms with Crippen LogP contribution in [0.1, 0.15) is 59.2 Å². The summed E-state index contributed by atoms with van der Waals surface area (Å²) in [4.78, 5) is 21.7. The summed E-state index contributed by atoms with van der Waals surface area (Å²) < 4.78 is 1.59. The van der Waals surface area contributed by atoms with Crippen LogP contribution in [0.5, 0.6) is 0 Å². The van der Waals surface area contributed by atoms with Crippen LogP contribution in [-0.4, -0.2) is 25.8 Å². The predicted molar refractivity (Wildman–Crippen MR) is 123 cm³/mol. The van der Waals surface area contributed by atoms with Crippen molar-refractivity contribution in [3.63, 3.8) is 0 Å². The average molecular weight is 438 g/mol. The molecule has 0 aliphatic heterocycles. The Morgan fingerprint density at radius 2 is 1.79 bits per heavy atom. The fourth-order valence-electron chi connectivity index (χ4n) is 3.26. The molecule has 2 aromatic heterocycles. The van der Waals surface area contributed by atoms with Crippen molar-refractivity contribution in [1.29, 1.82) is 0 Å². The van der Waals surface area contributed by atoms with Gasteiger partial charge in [-0.3, -0.25) is 9.89 Å². The lowest BCUT2D eigenvalue weighted by Gasteiger charge is -2.18. The van der Waals surface area contributed by atoms with Gasteiger partial charge in [0.05, 0.1) is 10.7 Å². The molecule has 3 rings (SSSR count). The van der Waals surface area contributed by atoms with E-state index in [1.54, 1.807) is 22.9 Å². The molecule has 0 spiro atoms. The molecule has 8 heteroatoms. The highest BCUT2D eigenvalue weighted by molar-refractivity contribution is 6.35. The first-order valence-electron chi connectivity index (χ1n) is 10.2. The zero-order valence-electron chi connectivity index (χ0n) is 17.6. The maximum atomic E-state index is 12.7. The summed E-state index contributed by atoms with van der Waals surface area (Å²) in [5, 5.41) is 7.67. The van der Waals surface area contributed by atoms with E-state index in [2.05, 4.69) is 34.2 Å². The Labute approximate surface area is 181 Å². The number of hydrogen-bond donors (Lipinski definition) is 2. The van der Waals surface area contributed by atoms with Crippen LogP contribution in [0.4, 0.5) is 5.82 Å². The van der Waals surface area contributed by atoms with Gasteiger partial charge < -0.3 is 5.32 Å². The Morgan fingerprint density at radius 3 is 2.38 bits per heavy atom. The van der Waals surface area contributed by atoms with Crippen LogP contribution in [0.15, 0.2) is 23.0 Å². The largest absolute Gasteiger partial charge is 0.366 e. The highest BCUT2D eigenvalue weighted by Crippen LogP contribution is 2.27. The smallest absolute Gasteiger partial charge is 0.277 e. The highest BCUT2D eigenvalue weighted by atomic mass is 35.5. The number of aromatic amines is 1. The molecule has 0 saturated carbocycles. The van der Waals surface area contributed by atoms with Crippen molar-refractivity contribution < 1.29 is 0 Å². The van der Waals surface area contributed by atoms with Crippen molar-refractivity contribution in [2.24, 2.45) is 0 Å². The van der Waals surface area contributed by atoms with Crippen LogP contribution < -0.4 is 10.9 Å². The monoisotopic (exact) mass is 437 g/mol. The lowest BCUT2D eigenvalue weighted by atomic mass is 10.1. The maximum absolute atomic E-state index is 12.7. The summed E-state index contributed by atoms with van der Waals surface area (Å²) in [5.41, 5.74) is 0.840.